The molecule has 1 aliphatic rings. The Morgan fingerprint density at radius 2 is 2.07 bits per heavy atom. The molecule has 0 bridgehead atoms. The number of carboxylic acid groups (broad SMARTS) is 1. The number of rotatable bonds is 7. The normalized spacial score (nSPS) is 19.3. The molecule has 1 aromatic heterocycles. The molecule has 1 amide bonds. The third-order valence-corrected chi connectivity index (χ3v) is 5.24. The van der Waals surface area contributed by atoms with E-state index in [1.165, 1.54) is 0 Å². The molecule has 0 radical (unpaired) electrons. The van der Waals surface area contributed by atoms with Gasteiger partial charge in [0.25, 0.3) is 0 Å². The van der Waals surface area contributed by atoms with E-state index >= 15 is 0 Å². The SMILES string of the molecule is COc1ccccc1[C@@H]1CN(C(=O)CCCn2ccnc2C)C[C@H]1C(=O)O. The number of carbonyl (C=O) groups excluding carboxylic acids is 1. The summed E-state index contributed by atoms with van der Waals surface area (Å²) in [6.45, 7) is 3.29. The monoisotopic (exact) mass is 371 g/mol. The van der Waals surface area contributed by atoms with Crippen molar-refractivity contribution in [2.24, 2.45) is 5.92 Å². The van der Waals surface area contributed by atoms with Crippen LogP contribution in [0.3, 0.4) is 0 Å². The Labute approximate surface area is 158 Å². The minimum Gasteiger partial charge on any atom is -0.496 e. The van der Waals surface area contributed by atoms with Crippen LogP contribution in [-0.2, 0) is 16.1 Å². The number of nitrogens with zero attached hydrogens (tertiary/aromatic N) is 3. The average molecular weight is 371 g/mol. The molecule has 1 saturated heterocycles. The standard InChI is InChI=1S/C20H25N3O4/c1-14-21-9-11-22(14)10-5-8-19(24)23-12-16(17(13-23)20(25)26)15-6-3-4-7-18(15)27-2/h3-4,6-7,9,11,16-17H,5,8,10,12-13H2,1-2H3,(H,25,26)/t16-,17+/m0/s1. The fourth-order valence-corrected chi connectivity index (χ4v) is 3.74. The van der Waals surface area contributed by atoms with Crippen molar-refractivity contribution < 1.29 is 19.4 Å². The first-order valence-electron chi connectivity index (χ1n) is 9.12. The van der Waals surface area contributed by atoms with Gasteiger partial charge in [-0.05, 0) is 25.0 Å². The largest absolute Gasteiger partial charge is 0.496 e. The molecule has 1 aromatic carbocycles. The summed E-state index contributed by atoms with van der Waals surface area (Å²) in [5, 5.41) is 9.65. The highest BCUT2D eigenvalue weighted by atomic mass is 16.5. The summed E-state index contributed by atoms with van der Waals surface area (Å²) in [6, 6.07) is 7.43. The first-order valence-corrected chi connectivity index (χ1v) is 9.12. The van der Waals surface area contributed by atoms with Crippen molar-refractivity contribution in [3.63, 3.8) is 0 Å². The van der Waals surface area contributed by atoms with Crippen LogP contribution in [0.4, 0.5) is 0 Å². The molecule has 0 saturated carbocycles. The van der Waals surface area contributed by atoms with Crippen molar-refractivity contribution in [3.8, 4) is 5.75 Å². The number of hydrogen-bond acceptors (Lipinski definition) is 4. The van der Waals surface area contributed by atoms with Gasteiger partial charge >= 0.3 is 5.97 Å². The zero-order valence-corrected chi connectivity index (χ0v) is 15.7. The Bertz CT molecular complexity index is 817. The molecule has 1 aliphatic heterocycles. The summed E-state index contributed by atoms with van der Waals surface area (Å²) in [7, 11) is 1.57. The topological polar surface area (TPSA) is 84.7 Å². The molecule has 3 rings (SSSR count). The second-order valence-electron chi connectivity index (χ2n) is 6.86. The van der Waals surface area contributed by atoms with Gasteiger partial charge in [-0.25, -0.2) is 4.98 Å². The van der Waals surface area contributed by atoms with Crippen LogP contribution in [0.1, 0.15) is 30.1 Å². The van der Waals surface area contributed by atoms with Gasteiger partial charge in [0.15, 0.2) is 0 Å². The van der Waals surface area contributed by atoms with Crippen molar-refractivity contribution >= 4 is 11.9 Å². The molecule has 0 unspecified atom stereocenters. The predicted molar refractivity (Wildman–Crippen MR) is 99.6 cm³/mol. The molecule has 2 heterocycles. The second kappa shape index (κ2) is 8.24. The Morgan fingerprint density at radius 3 is 2.74 bits per heavy atom. The van der Waals surface area contributed by atoms with Crippen LogP contribution in [-0.4, -0.2) is 51.6 Å². The van der Waals surface area contributed by atoms with Gasteiger partial charge in [-0.3, -0.25) is 9.59 Å². The third-order valence-electron chi connectivity index (χ3n) is 5.24. The van der Waals surface area contributed by atoms with Gasteiger partial charge in [0.2, 0.25) is 5.91 Å². The number of aliphatic carboxylic acids is 1. The van der Waals surface area contributed by atoms with Gasteiger partial charge in [0, 0.05) is 44.4 Å². The number of imidazole rings is 1. The number of carboxylic acids is 1. The molecule has 27 heavy (non-hydrogen) atoms. The Hall–Kier alpha value is -2.83. The minimum absolute atomic E-state index is 0.00332. The highest BCUT2D eigenvalue weighted by Gasteiger charge is 2.41. The molecule has 2 aromatic rings. The fourth-order valence-electron chi connectivity index (χ4n) is 3.74. The van der Waals surface area contributed by atoms with Gasteiger partial charge < -0.3 is 19.3 Å². The maximum atomic E-state index is 12.6. The lowest BCUT2D eigenvalue weighted by Gasteiger charge is -2.18. The molecular formula is C20H25N3O4. The van der Waals surface area contributed by atoms with Gasteiger partial charge in [-0.15, -0.1) is 0 Å². The van der Waals surface area contributed by atoms with Crippen LogP contribution in [0.5, 0.6) is 5.75 Å². The zero-order chi connectivity index (χ0) is 19.4. The zero-order valence-electron chi connectivity index (χ0n) is 15.7. The molecule has 7 nitrogen and oxygen atoms in total. The van der Waals surface area contributed by atoms with E-state index in [0.717, 1.165) is 17.9 Å². The molecule has 0 aliphatic carbocycles. The summed E-state index contributed by atoms with van der Waals surface area (Å²) in [5.41, 5.74) is 0.844. The van der Waals surface area contributed by atoms with E-state index in [1.54, 1.807) is 18.2 Å². The fraction of sp³-hybridized carbons (Fsp3) is 0.450. The van der Waals surface area contributed by atoms with Crippen LogP contribution >= 0.6 is 0 Å². The Morgan fingerprint density at radius 1 is 1.30 bits per heavy atom. The van der Waals surface area contributed by atoms with Crippen molar-refractivity contribution in [2.45, 2.75) is 32.2 Å². The number of aryl methyl sites for hydroxylation is 2. The number of likely N-dealkylation sites (tertiary alicyclic amines) is 1. The van der Waals surface area contributed by atoms with Crippen LogP contribution < -0.4 is 4.74 Å². The lowest BCUT2D eigenvalue weighted by molar-refractivity contribution is -0.141. The molecule has 1 fully saturated rings. The number of para-hydroxylation sites is 1. The van der Waals surface area contributed by atoms with E-state index < -0.39 is 11.9 Å². The number of aromatic nitrogens is 2. The van der Waals surface area contributed by atoms with E-state index in [0.29, 0.717) is 25.1 Å². The molecule has 7 heteroatoms. The molecule has 144 valence electrons. The van der Waals surface area contributed by atoms with Crippen LogP contribution in [0.15, 0.2) is 36.7 Å². The Kier molecular flexibility index (Phi) is 5.78. The number of ether oxygens (including phenoxy) is 1. The predicted octanol–water partition coefficient (Wildman–Crippen LogP) is 2.31. The van der Waals surface area contributed by atoms with Crippen molar-refractivity contribution in [2.75, 3.05) is 20.2 Å². The number of hydrogen-bond donors (Lipinski definition) is 1. The van der Waals surface area contributed by atoms with Crippen LogP contribution in [0.25, 0.3) is 0 Å². The van der Waals surface area contributed by atoms with Gasteiger partial charge in [-0.2, -0.15) is 0 Å². The van der Waals surface area contributed by atoms with Crippen molar-refractivity contribution in [1.82, 2.24) is 14.5 Å². The lowest BCUT2D eigenvalue weighted by Crippen LogP contribution is -2.29. The number of benzene rings is 1. The minimum atomic E-state index is -0.879. The molecule has 0 spiro atoms. The van der Waals surface area contributed by atoms with E-state index in [2.05, 4.69) is 4.98 Å². The summed E-state index contributed by atoms with van der Waals surface area (Å²) in [6.07, 6.45) is 4.73. The Balaban J connectivity index is 1.66. The van der Waals surface area contributed by atoms with Gasteiger partial charge in [-0.1, -0.05) is 18.2 Å². The van der Waals surface area contributed by atoms with Gasteiger partial charge in [0.05, 0.1) is 13.0 Å². The van der Waals surface area contributed by atoms with E-state index in [-0.39, 0.29) is 18.4 Å². The maximum Gasteiger partial charge on any atom is 0.308 e. The summed E-state index contributed by atoms with van der Waals surface area (Å²) >= 11 is 0. The third kappa shape index (κ3) is 4.13. The van der Waals surface area contributed by atoms with Crippen molar-refractivity contribution in [1.29, 1.82) is 0 Å². The van der Waals surface area contributed by atoms with E-state index in [9.17, 15) is 14.7 Å². The smallest absolute Gasteiger partial charge is 0.308 e. The van der Waals surface area contributed by atoms with Crippen molar-refractivity contribution in [3.05, 3.63) is 48.0 Å². The molecular weight excluding hydrogens is 346 g/mol. The van der Waals surface area contributed by atoms with E-state index in [1.807, 2.05) is 42.0 Å². The van der Waals surface area contributed by atoms with Gasteiger partial charge in [0.1, 0.15) is 11.6 Å². The van der Waals surface area contributed by atoms with Crippen LogP contribution in [0.2, 0.25) is 0 Å². The molecule has 1 N–H and O–H groups in total. The highest BCUT2D eigenvalue weighted by Crippen LogP contribution is 2.37. The molecule has 2 atom stereocenters. The summed E-state index contributed by atoms with van der Waals surface area (Å²) in [5.74, 6) is -0.185. The lowest BCUT2D eigenvalue weighted by atomic mass is 9.88. The first-order chi connectivity index (χ1) is 13.0. The highest BCUT2D eigenvalue weighted by molar-refractivity contribution is 5.79. The maximum absolute atomic E-state index is 12.6. The number of carbonyl (C=O) groups is 2. The number of amides is 1. The second-order valence-corrected chi connectivity index (χ2v) is 6.86. The summed E-state index contributed by atoms with van der Waals surface area (Å²) in [4.78, 5) is 30.3. The quantitative estimate of drug-likeness (QED) is 0.807. The summed E-state index contributed by atoms with van der Waals surface area (Å²) < 4.78 is 7.40. The number of methoxy groups -OCH3 is 1. The van der Waals surface area contributed by atoms with E-state index in [4.69, 9.17) is 4.74 Å². The van der Waals surface area contributed by atoms with Crippen LogP contribution in [0, 0.1) is 12.8 Å². The average Bonchev–Trinajstić information content (AvgIpc) is 3.28. The first kappa shape index (κ1) is 18.9.